The molecule has 0 unspecified atom stereocenters. The lowest BCUT2D eigenvalue weighted by Gasteiger charge is -2.02. The van der Waals surface area contributed by atoms with Gasteiger partial charge in [-0.15, -0.1) is 0 Å². The molecule has 0 aliphatic heterocycles. The molecule has 2 nitrogen and oxygen atoms in total. The summed E-state index contributed by atoms with van der Waals surface area (Å²) in [5.41, 5.74) is 1.70. The summed E-state index contributed by atoms with van der Waals surface area (Å²) in [4.78, 5) is 11.2. The Hall–Kier alpha value is -2.35. The average Bonchev–Trinajstić information content (AvgIpc) is 2.38. The topological polar surface area (TPSA) is 37.3 Å². The third kappa shape index (κ3) is 2.82. The third-order valence-electron chi connectivity index (χ3n) is 2.34. The number of rotatable bonds is 3. The fourth-order valence-electron chi connectivity index (χ4n) is 1.53. The van der Waals surface area contributed by atoms with Gasteiger partial charge in [0, 0.05) is 0 Å². The van der Waals surface area contributed by atoms with Gasteiger partial charge in [-0.2, -0.15) is 0 Å². The second-order valence-corrected chi connectivity index (χ2v) is 3.55. The van der Waals surface area contributed by atoms with E-state index in [-0.39, 0.29) is 5.57 Å². The van der Waals surface area contributed by atoms with E-state index >= 15 is 0 Å². The summed E-state index contributed by atoms with van der Waals surface area (Å²) in [6, 6.07) is 19.4. The van der Waals surface area contributed by atoms with E-state index in [1.54, 1.807) is 24.3 Å². The standard InChI is InChI=1S/C15H11O2/c16-15(17)14(13-9-5-2-6-10-13)11-12-7-3-1-4-8-12/h1-9,11H,(H,16,17). The maximum Gasteiger partial charge on any atom is 0.336 e. The summed E-state index contributed by atoms with van der Waals surface area (Å²) < 4.78 is 0. The minimum Gasteiger partial charge on any atom is -0.478 e. The zero-order valence-corrected chi connectivity index (χ0v) is 9.13. The number of carboxylic acids is 1. The van der Waals surface area contributed by atoms with Gasteiger partial charge in [0.2, 0.25) is 0 Å². The maximum absolute atomic E-state index is 11.2. The van der Waals surface area contributed by atoms with Crippen LogP contribution in [0.4, 0.5) is 0 Å². The molecule has 0 fully saturated rings. The van der Waals surface area contributed by atoms with Crippen molar-refractivity contribution in [3.8, 4) is 0 Å². The van der Waals surface area contributed by atoms with Gasteiger partial charge in [-0.25, -0.2) is 4.79 Å². The van der Waals surface area contributed by atoms with Crippen molar-refractivity contribution in [2.24, 2.45) is 0 Å². The molecule has 0 aromatic heterocycles. The number of carbonyl (C=O) groups is 1. The Balaban J connectivity index is 2.44. The van der Waals surface area contributed by atoms with Crippen molar-refractivity contribution in [2.75, 3.05) is 0 Å². The summed E-state index contributed by atoms with van der Waals surface area (Å²) in [5, 5.41) is 9.20. The largest absolute Gasteiger partial charge is 0.478 e. The van der Waals surface area contributed by atoms with Gasteiger partial charge in [0.25, 0.3) is 0 Å². The number of aliphatic carboxylic acids is 1. The first-order valence-electron chi connectivity index (χ1n) is 5.24. The summed E-state index contributed by atoms with van der Waals surface area (Å²) in [6.07, 6.45) is 1.65. The summed E-state index contributed by atoms with van der Waals surface area (Å²) >= 11 is 0. The third-order valence-corrected chi connectivity index (χ3v) is 2.34. The molecule has 83 valence electrons. The Morgan fingerprint density at radius 1 is 1.06 bits per heavy atom. The molecule has 2 rings (SSSR count). The van der Waals surface area contributed by atoms with Gasteiger partial charge in [0.15, 0.2) is 0 Å². The van der Waals surface area contributed by atoms with E-state index < -0.39 is 5.97 Å². The molecule has 1 N–H and O–H groups in total. The first-order valence-corrected chi connectivity index (χ1v) is 5.24. The molecule has 2 aromatic carbocycles. The Morgan fingerprint density at radius 3 is 2.35 bits per heavy atom. The van der Waals surface area contributed by atoms with Gasteiger partial charge in [-0.3, -0.25) is 0 Å². The Kier molecular flexibility index (Phi) is 3.36. The lowest BCUT2D eigenvalue weighted by molar-refractivity contribution is -0.130. The van der Waals surface area contributed by atoms with Gasteiger partial charge in [-0.05, 0) is 23.3 Å². The summed E-state index contributed by atoms with van der Waals surface area (Å²) in [7, 11) is 0. The molecule has 1 radical (unpaired) electrons. The van der Waals surface area contributed by atoms with Crippen LogP contribution < -0.4 is 0 Å². The van der Waals surface area contributed by atoms with E-state index in [1.807, 2.05) is 36.4 Å². The highest BCUT2D eigenvalue weighted by atomic mass is 16.4. The zero-order chi connectivity index (χ0) is 12.1. The van der Waals surface area contributed by atoms with E-state index in [4.69, 9.17) is 0 Å². The van der Waals surface area contributed by atoms with Gasteiger partial charge in [0.1, 0.15) is 0 Å². The molecule has 0 aliphatic carbocycles. The van der Waals surface area contributed by atoms with Crippen molar-refractivity contribution in [3.63, 3.8) is 0 Å². The molecular weight excluding hydrogens is 212 g/mol. The smallest absolute Gasteiger partial charge is 0.336 e. The van der Waals surface area contributed by atoms with Crippen LogP contribution in [0.3, 0.4) is 0 Å². The Morgan fingerprint density at radius 2 is 1.76 bits per heavy atom. The second-order valence-electron chi connectivity index (χ2n) is 3.55. The van der Waals surface area contributed by atoms with Crippen LogP contribution in [0.25, 0.3) is 11.6 Å². The first-order chi connectivity index (χ1) is 8.27. The maximum atomic E-state index is 11.2. The Labute approximate surface area is 99.8 Å². The summed E-state index contributed by atoms with van der Waals surface area (Å²) in [6.45, 7) is 0. The van der Waals surface area contributed by atoms with Gasteiger partial charge in [0.05, 0.1) is 5.57 Å². The normalized spacial score (nSPS) is 11.2. The molecule has 0 heterocycles. The van der Waals surface area contributed by atoms with Crippen LogP contribution in [-0.4, -0.2) is 11.1 Å². The molecule has 0 bridgehead atoms. The molecule has 0 atom stereocenters. The first kappa shape index (κ1) is 11.1. The van der Waals surface area contributed by atoms with Crippen molar-refractivity contribution in [1.29, 1.82) is 0 Å². The van der Waals surface area contributed by atoms with Crippen LogP contribution in [0, 0.1) is 6.07 Å². The average molecular weight is 223 g/mol. The van der Waals surface area contributed by atoms with Crippen molar-refractivity contribution < 1.29 is 9.90 Å². The lowest BCUT2D eigenvalue weighted by atomic mass is 10.0. The number of carboxylic acid groups (broad SMARTS) is 1. The van der Waals surface area contributed by atoms with E-state index in [0.29, 0.717) is 5.56 Å². The van der Waals surface area contributed by atoms with E-state index in [9.17, 15) is 9.90 Å². The molecule has 0 saturated heterocycles. The van der Waals surface area contributed by atoms with E-state index in [1.165, 1.54) is 0 Å². The highest BCUT2D eigenvalue weighted by molar-refractivity contribution is 6.20. The predicted octanol–water partition coefficient (Wildman–Crippen LogP) is 3.11. The number of benzene rings is 2. The zero-order valence-electron chi connectivity index (χ0n) is 9.13. The van der Waals surface area contributed by atoms with Crippen LogP contribution in [0.15, 0.2) is 54.6 Å². The fraction of sp³-hybridized carbons (Fsp3) is 0. The highest BCUT2D eigenvalue weighted by Gasteiger charge is 2.09. The van der Waals surface area contributed by atoms with E-state index in [0.717, 1.165) is 5.56 Å². The van der Waals surface area contributed by atoms with Gasteiger partial charge >= 0.3 is 5.97 Å². The molecular formula is C15H11O2. The van der Waals surface area contributed by atoms with Crippen LogP contribution in [0.1, 0.15) is 11.1 Å². The van der Waals surface area contributed by atoms with Crippen LogP contribution in [-0.2, 0) is 4.79 Å². The minimum atomic E-state index is -0.948. The molecule has 0 saturated carbocycles. The van der Waals surface area contributed by atoms with Gasteiger partial charge < -0.3 is 5.11 Å². The SMILES string of the molecule is O=C(O)C(=Cc1ccccc1)c1[c]cccc1. The van der Waals surface area contributed by atoms with Crippen molar-refractivity contribution >= 4 is 17.6 Å². The second kappa shape index (κ2) is 5.12. The molecule has 17 heavy (non-hydrogen) atoms. The molecule has 0 spiro atoms. The number of hydrogen-bond acceptors (Lipinski definition) is 1. The minimum absolute atomic E-state index is 0.247. The molecule has 2 aromatic rings. The van der Waals surface area contributed by atoms with Crippen molar-refractivity contribution in [1.82, 2.24) is 0 Å². The molecule has 0 amide bonds. The lowest BCUT2D eigenvalue weighted by Crippen LogP contribution is -1.99. The summed E-state index contributed by atoms with van der Waals surface area (Å²) in [5.74, 6) is -0.948. The molecule has 2 heteroatoms. The Bertz CT molecular complexity index is 527. The van der Waals surface area contributed by atoms with Crippen LogP contribution >= 0.6 is 0 Å². The van der Waals surface area contributed by atoms with E-state index in [2.05, 4.69) is 6.07 Å². The quantitative estimate of drug-likeness (QED) is 0.641. The van der Waals surface area contributed by atoms with Crippen LogP contribution in [0.2, 0.25) is 0 Å². The molecule has 0 aliphatic rings. The fourth-order valence-corrected chi connectivity index (χ4v) is 1.53. The number of hydrogen-bond donors (Lipinski definition) is 1. The monoisotopic (exact) mass is 223 g/mol. The van der Waals surface area contributed by atoms with Crippen molar-refractivity contribution in [2.45, 2.75) is 0 Å². The van der Waals surface area contributed by atoms with Crippen molar-refractivity contribution in [3.05, 3.63) is 71.8 Å². The predicted molar refractivity (Wildman–Crippen MR) is 67.2 cm³/mol. The van der Waals surface area contributed by atoms with Crippen LogP contribution in [0.5, 0.6) is 0 Å². The highest BCUT2D eigenvalue weighted by Crippen LogP contribution is 2.17. The van der Waals surface area contributed by atoms with Gasteiger partial charge in [-0.1, -0.05) is 54.6 Å².